The molecule has 2 N–H and O–H groups in total. The maximum Gasteiger partial charge on any atom is 0.249 e. The Labute approximate surface area is 277 Å². The number of carbonyl (C=O) groups is 1. The molecule has 1 saturated heterocycles. The van der Waals surface area contributed by atoms with Gasteiger partial charge in [0.2, 0.25) is 5.91 Å². The number of aromatic nitrogens is 5. The average molecular weight is 645 g/mol. The number of fused-ring (bicyclic) bond motifs is 4. The highest BCUT2D eigenvalue weighted by molar-refractivity contribution is 7.99. The van der Waals surface area contributed by atoms with Crippen molar-refractivity contribution in [1.82, 2.24) is 29.6 Å². The minimum Gasteiger partial charge on any atom is -0.379 e. The van der Waals surface area contributed by atoms with Gasteiger partial charge in [0, 0.05) is 58.3 Å². The SMILES string of the molecule is O=C(C=CCSCCCN1CCOCC1)Nc1cc2c(Nc3cc4cn(Cc5ccccc5)nc4c4ccccc34)ncnc2cn1. The van der Waals surface area contributed by atoms with Crippen molar-refractivity contribution in [3.05, 3.63) is 103 Å². The Bertz CT molecular complexity index is 2020. The molecule has 3 aromatic carbocycles. The lowest BCUT2D eigenvalue weighted by atomic mass is 10.1. The van der Waals surface area contributed by atoms with Crippen LogP contribution in [0.2, 0.25) is 0 Å². The van der Waals surface area contributed by atoms with Gasteiger partial charge in [-0.1, -0.05) is 60.7 Å². The summed E-state index contributed by atoms with van der Waals surface area (Å²) in [6.45, 7) is 5.49. The highest BCUT2D eigenvalue weighted by atomic mass is 32.2. The number of carbonyl (C=O) groups excluding carboxylic acids is 1. The summed E-state index contributed by atoms with van der Waals surface area (Å²) in [6, 6.07) is 22.5. The van der Waals surface area contributed by atoms with Crippen LogP contribution in [-0.2, 0) is 16.1 Å². The van der Waals surface area contributed by atoms with Crippen molar-refractivity contribution in [1.29, 1.82) is 0 Å². The van der Waals surface area contributed by atoms with E-state index in [1.54, 1.807) is 12.3 Å². The minimum atomic E-state index is -0.221. The Morgan fingerprint density at radius 3 is 2.66 bits per heavy atom. The second-order valence-corrected chi connectivity index (χ2v) is 12.6. The number of amides is 1. The van der Waals surface area contributed by atoms with Crippen LogP contribution < -0.4 is 10.6 Å². The molecule has 0 unspecified atom stereocenters. The lowest BCUT2D eigenvalue weighted by Gasteiger charge is -2.26. The number of pyridine rings is 1. The molecule has 0 spiro atoms. The molecule has 0 atom stereocenters. The van der Waals surface area contributed by atoms with Crippen LogP contribution in [0.5, 0.6) is 0 Å². The predicted octanol–water partition coefficient (Wildman–Crippen LogP) is 6.27. The Morgan fingerprint density at radius 2 is 1.79 bits per heavy atom. The van der Waals surface area contributed by atoms with E-state index in [0.29, 0.717) is 23.7 Å². The number of benzene rings is 3. The molecule has 4 heterocycles. The van der Waals surface area contributed by atoms with E-state index in [0.717, 1.165) is 83.5 Å². The molecular formula is C36H36N8O2S. The predicted molar refractivity (Wildman–Crippen MR) is 190 cm³/mol. The van der Waals surface area contributed by atoms with Crippen LogP contribution in [0.3, 0.4) is 0 Å². The van der Waals surface area contributed by atoms with Crippen molar-refractivity contribution in [2.24, 2.45) is 0 Å². The summed E-state index contributed by atoms with van der Waals surface area (Å²) in [5, 5.41) is 15.2. The number of morpholine rings is 1. The van der Waals surface area contributed by atoms with Crippen molar-refractivity contribution in [3.8, 4) is 0 Å². The van der Waals surface area contributed by atoms with Gasteiger partial charge < -0.3 is 15.4 Å². The molecule has 238 valence electrons. The fourth-order valence-electron chi connectivity index (χ4n) is 5.81. The first-order chi connectivity index (χ1) is 23.2. The van der Waals surface area contributed by atoms with Gasteiger partial charge in [0.15, 0.2) is 0 Å². The molecule has 0 bridgehead atoms. The number of nitrogens with one attached hydrogen (secondary N) is 2. The average Bonchev–Trinajstić information content (AvgIpc) is 3.51. The summed E-state index contributed by atoms with van der Waals surface area (Å²) >= 11 is 1.83. The van der Waals surface area contributed by atoms with Crippen LogP contribution in [0.1, 0.15) is 12.0 Å². The summed E-state index contributed by atoms with van der Waals surface area (Å²) in [4.78, 5) is 28.5. The number of rotatable bonds is 12. The Hall–Kier alpha value is -4.84. The van der Waals surface area contributed by atoms with Gasteiger partial charge in [-0.05, 0) is 36.4 Å². The standard InChI is InChI=1S/C36H36N8O2S/c45-34(12-6-18-47-19-7-13-43-14-16-46-17-15-43)41-33-21-30-32(22-37-33)38-25-39-36(30)40-31-20-27-24-44(23-26-8-2-1-3-9-26)42-35(27)29-11-5-4-10-28(29)31/h1-6,8-12,20-22,24-25H,7,13-19,23H2,(H,37,41,45)(H,38,39,40). The summed E-state index contributed by atoms with van der Waals surface area (Å²) in [5.74, 6) is 2.68. The second kappa shape index (κ2) is 14.7. The number of thioether (sulfide) groups is 1. The molecular weight excluding hydrogens is 609 g/mol. The summed E-state index contributed by atoms with van der Waals surface area (Å²) in [5.41, 5.74) is 3.71. The molecule has 0 aliphatic carbocycles. The topological polar surface area (TPSA) is 110 Å². The zero-order chi connectivity index (χ0) is 31.8. The van der Waals surface area contributed by atoms with E-state index in [-0.39, 0.29) is 5.91 Å². The van der Waals surface area contributed by atoms with E-state index < -0.39 is 0 Å². The van der Waals surface area contributed by atoms with Gasteiger partial charge in [-0.3, -0.25) is 14.4 Å². The van der Waals surface area contributed by atoms with Crippen LogP contribution in [0.15, 0.2) is 97.6 Å². The van der Waals surface area contributed by atoms with Gasteiger partial charge in [-0.2, -0.15) is 16.9 Å². The fraction of sp³-hybridized carbons (Fsp3) is 0.250. The lowest BCUT2D eigenvalue weighted by Crippen LogP contribution is -2.36. The van der Waals surface area contributed by atoms with Crippen molar-refractivity contribution in [2.45, 2.75) is 13.0 Å². The molecule has 7 rings (SSSR count). The maximum absolute atomic E-state index is 12.7. The van der Waals surface area contributed by atoms with Crippen molar-refractivity contribution < 1.29 is 9.53 Å². The molecule has 1 amide bonds. The lowest BCUT2D eigenvalue weighted by molar-refractivity contribution is -0.111. The normalized spacial score (nSPS) is 14.0. The molecule has 47 heavy (non-hydrogen) atoms. The number of hydrogen-bond donors (Lipinski definition) is 2. The number of ether oxygens (including phenoxy) is 1. The van der Waals surface area contributed by atoms with E-state index in [9.17, 15) is 4.79 Å². The van der Waals surface area contributed by atoms with E-state index in [2.05, 4.69) is 67.0 Å². The highest BCUT2D eigenvalue weighted by Gasteiger charge is 2.14. The smallest absolute Gasteiger partial charge is 0.249 e. The molecule has 1 aliphatic heterocycles. The first-order valence-corrected chi connectivity index (χ1v) is 17.0. The van der Waals surface area contributed by atoms with E-state index in [1.165, 1.54) is 11.9 Å². The number of hydrogen-bond acceptors (Lipinski definition) is 9. The molecule has 6 aromatic rings. The van der Waals surface area contributed by atoms with Gasteiger partial charge in [-0.25, -0.2) is 15.0 Å². The quantitative estimate of drug-likeness (QED) is 0.118. The third-order valence-corrected chi connectivity index (χ3v) is 9.13. The molecule has 1 fully saturated rings. The first-order valence-electron chi connectivity index (χ1n) is 15.9. The van der Waals surface area contributed by atoms with Crippen molar-refractivity contribution in [2.75, 3.05) is 55.0 Å². The maximum atomic E-state index is 12.7. The number of nitrogens with zero attached hydrogens (tertiary/aromatic N) is 6. The van der Waals surface area contributed by atoms with Crippen LogP contribution >= 0.6 is 11.8 Å². The summed E-state index contributed by atoms with van der Waals surface area (Å²) in [6.07, 6.45) is 9.85. The van der Waals surface area contributed by atoms with Crippen LogP contribution in [0, 0.1) is 0 Å². The fourth-order valence-corrected chi connectivity index (χ4v) is 6.54. The van der Waals surface area contributed by atoms with Crippen LogP contribution in [0.4, 0.5) is 17.3 Å². The largest absolute Gasteiger partial charge is 0.379 e. The first kappa shape index (κ1) is 30.8. The molecule has 0 radical (unpaired) electrons. The number of anilines is 3. The third-order valence-electron chi connectivity index (χ3n) is 8.13. The second-order valence-electron chi connectivity index (χ2n) is 11.4. The van der Waals surface area contributed by atoms with Gasteiger partial charge in [-0.15, -0.1) is 0 Å². The zero-order valence-electron chi connectivity index (χ0n) is 26.0. The van der Waals surface area contributed by atoms with Crippen molar-refractivity contribution in [3.63, 3.8) is 0 Å². The van der Waals surface area contributed by atoms with Crippen molar-refractivity contribution >= 4 is 67.6 Å². The van der Waals surface area contributed by atoms with E-state index >= 15 is 0 Å². The minimum absolute atomic E-state index is 0.221. The molecule has 10 nitrogen and oxygen atoms in total. The van der Waals surface area contributed by atoms with Gasteiger partial charge >= 0.3 is 0 Å². The molecule has 11 heteroatoms. The van der Waals surface area contributed by atoms with E-state index in [4.69, 9.17) is 9.84 Å². The molecule has 3 aromatic heterocycles. The van der Waals surface area contributed by atoms with Crippen LogP contribution in [-0.4, -0.2) is 79.9 Å². The molecule has 0 saturated carbocycles. The van der Waals surface area contributed by atoms with Gasteiger partial charge in [0.05, 0.1) is 31.5 Å². The Morgan fingerprint density at radius 1 is 0.957 bits per heavy atom. The monoisotopic (exact) mass is 644 g/mol. The van der Waals surface area contributed by atoms with Gasteiger partial charge in [0.1, 0.15) is 23.5 Å². The Kier molecular flexibility index (Phi) is 9.64. The van der Waals surface area contributed by atoms with E-state index in [1.807, 2.05) is 58.9 Å². The van der Waals surface area contributed by atoms with Gasteiger partial charge in [0.25, 0.3) is 0 Å². The molecule has 1 aliphatic rings. The summed E-state index contributed by atoms with van der Waals surface area (Å²) < 4.78 is 7.39. The zero-order valence-corrected chi connectivity index (χ0v) is 26.8. The summed E-state index contributed by atoms with van der Waals surface area (Å²) in [7, 11) is 0. The third kappa shape index (κ3) is 7.60. The Balaban J connectivity index is 1.04. The highest BCUT2D eigenvalue weighted by Crippen LogP contribution is 2.34. The van der Waals surface area contributed by atoms with Crippen LogP contribution in [0.25, 0.3) is 32.6 Å².